The largest absolute Gasteiger partial charge is 0.398 e. The van der Waals surface area contributed by atoms with Crippen LogP contribution in [0.3, 0.4) is 0 Å². The minimum absolute atomic E-state index is 0.475. The van der Waals surface area contributed by atoms with Crippen LogP contribution in [-0.4, -0.2) is 15.1 Å². The van der Waals surface area contributed by atoms with Crippen molar-refractivity contribution in [2.45, 2.75) is 13.3 Å². The zero-order chi connectivity index (χ0) is 13.9. The molecule has 0 aliphatic heterocycles. The summed E-state index contributed by atoms with van der Waals surface area (Å²) in [6, 6.07) is 11.4. The molecule has 100 valence electrons. The highest BCUT2D eigenvalue weighted by molar-refractivity contribution is 5.62. The molecule has 0 bridgehead atoms. The molecule has 0 fully saturated rings. The second-order valence-electron chi connectivity index (χ2n) is 4.58. The van der Waals surface area contributed by atoms with Gasteiger partial charge in [0.1, 0.15) is 0 Å². The van der Waals surface area contributed by atoms with Crippen molar-refractivity contribution < 1.29 is 4.52 Å². The summed E-state index contributed by atoms with van der Waals surface area (Å²) in [4.78, 5) is 8.61. The SMILES string of the molecule is Cc1ccc(-c2nc(Cc3ccccn3)no2)cc1N. The predicted octanol–water partition coefficient (Wildman–Crippen LogP) is 2.61. The van der Waals surface area contributed by atoms with Gasteiger partial charge in [-0.2, -0.15) is 4.98 Å². The standard InChI is InChI=1S/C15H14N4O/c1-10-5-6-11(8-13(10)16)15-18-14(19-20-15)9-12-4-2-3-7-17-12/h2-8H,9,16H2,1H3. The zero-order valence-corrected chi connectivity index (χ0v) is 11.1. The molecule has 0 unspecified atom stereocenters. The van der Waals surface area contributed by atoms with Crippen LogP contribution in [0.25, 0.3) is 11.5 Å². The van der Waals surface area contributed by atoms with Gasteiger partial charge >= 0.3 is 0 Å². The average molecular weight is 266 g/mol. The van der Waals surface area contributed by atoms with E-state index in [0.29, 0.717) is 23.8 Å². The summed E-state index contributed by atoms with van der Waals surface area (Å²) in [5, 5.41) is 3.97. The molecular formula is C15H14N4O. The molecule has 0 aliphatic carbocycles. The zero-order valence-electron chi connectivity index (χ0n) is 11.1. The van der Waals surface area contributed by atoms with Crippen LogP contribution in [0.5, 0.6) is 0 Å². The smallest absolute Gasteiger partial charge is 0.258 e. The Hall–Kier alpha value is -2.69. The van der Waals surface area contributed by atoms with Gasteiger partial charge in [0.2, 0.25) is 0 Å². The Bertz CT molecular complexity index is 722. The van der Waals surface area contributed by atoms with Crippen molar-refractivity contribution in [3.05, 3.63) is 59.7 Å². The van der Waals surface area contributed by atoms with E-state index in [0.717, 1.165) is 16.8 Å². The maximum absolute atomic E-state index is 5.89. The lowest BCUT2D eigenvalue weighted by atomic mass is 10.1. The summed E-state index contributed by atoms with van der Waals surface area (Å²) in [6.45, 7) is 1.96. The summed E-state index contributed by atoms with van der Waals surface area (Å²) in [5.74, 6) is 1.08. The van der Waals surface area contributed by atoms with Crippen LogP contribution in [0.4, 0.5) is 5.69 Å². The first-order valence-electron chi connectivity index (χ1n) is 6.31. The van der Waals surface area contributed by atoms with Gasteiger partial charge in [-0.3, -0.25) is 4.98 Å². The van der Waals surface area contributed by atoms with Crippen molar-refractivity contribution in [1.29, 1.82) is 0 Å². The third kappa shape index (κ3) is 2.51. The van der Waals surface area contributed by atoms with Crippen LogP contribution in [0.1, 0.15) is 17.1 Å². The van der Waals surface area contributed by atoms with E-state index in [4.69, 9.17) is 10.3 Å². The number of nitrogens with zero attached hydrogens (tertiary/aromatic N) is 3. The number of aromatic nitrogens is 3. The number of hydrogen-bond acceptors (Lipinski definition) is 5. The summed E-state index contributed by atoms with van der Waals surface area (Å²) in [7, 11) is 0. The molecule has 2 N–H and O–H groups in total. The van der Waals surface area contributed by atoms with Crippen molar-refractivity contribution in [2.24, 2.45) is 0 Å². The van der Waals surface area contributed by atoms with Crippen molar-refractivity contribution in [3.63, 3.8) is 0 Å². The molecule has 0 radical (unpaired) electrons. The molecule has 3 rings (SSSR count). The van der Waals surface area contributed by atoms with Crippen LogP contribution in [0, 0.1) is 6.92 Å². The molecule has 0 saturated heterocycles. The molecule has 1 aromatic carbocycles. The number of rotatable bonds is 3. The van der Waals surface area contributed by atoms with Crippen molar-refractivity contribution in [2.75, 3.05) is 5.73 Å². The second-order valence-corrected chi connectivity index (χ2v) is 4.58. The Labute approximate surface area is 116 Å². The van der Waals surface area contributed by atoms with Gasteiger partial charge in [-0.25, -0.2) is 0 Å². The van der Waals surface area contributed by atoms with Gasteiger partial charge in [0, 0.05) is 23.1 Å². The van der Waals surface area contributed by atoms with E-state index in [-0.39, 0.29) is 0 Å². The third-order valence-electron chi connectivity index (χ3n) is 3.06. The number of nitrogens with two attached hydrogens (primary N) is 1. The topological polar surface area (TPSA) is 77.8 Å². The fraction of sp³-hybridized carbons (Fsp3) is 0.133. The molecule has 0 amide bonds. The van der Waals surface area contributed by atoms with Crippen molar-refractivity contribution in [3.8, 4) is 11.5 Å². The molecule has 0 atom stereocenters. The Morgan fingerprint density at radius 3 is 2.85 bits per heavy atom. The number of aryl methyl sites for hydroxylation is 1. The van der Waals surface area contributed by atoms with E-state index < -0.39 is 0 Å². The molecule has 2 aromatic heterocycles. The van der Waals surface area contributed by atoms with Crippen LogP contribution in [0.15, 0.2) is 47.1 Å². The lowest BCUT2D eigenvalue weighted by molar-refractivity contribution is 0.423. The molecule has 5 nitrogen and oxygen atoms in total. The average Bonchev–Trinajstić information content (AvgIpc) is 2.91. The highest BCUT2D eigenvalue weighted by atomic mass is 16.5. The van der Waals surface area contributed by atoms with E-state index in [1.807, 2.05) is 43.3 Å². The van der Waals surface area contributed by atoms with Crippen molar-refractivity contribution >= 4 is 5.69 Å². The lowest BCUT2D eigenvalue weighted by Crippen LogP contribution is -1.93. The minimum atomic E-state index is 0.475. The van der Waals surface area contributed by atoms with Crippen LogP contribution < -0.4 is 5.73 Å². The Morgan fingerprint density at radius 1 is 1.20 bits per heavy atom. The quantitative estimate of drug-likeness (QED) is 0.737. The first-order chi connectivity index (χ1) is 9.72. The Morgan fingerprint density at radius 2 is 2.10 bits per heavy atom. The summed E-state index contributed by atoms with van der Waals surface area (Å²) in [5.41, 5.74) is 9.37. The summed E-state index contributed by atoms with van der Waals surface area (Å²) < 4.78 is 5.27. The molecule has 5 heteroatoms. The van der Waals surface area contributed by atoms with E-state index in [9.17, 15) is 0 Å². The van der Waals surface area contributed by atoms with E-state index >= 15 is 0 Å². The third-order valence-corrected chi connectivity index (χ3v) is 3.06. The Balaban J connectivity index is 1.84. The van der Waals surface area contributed by atoms with E-state index in [1.54, 1.807) is 6.20 Å². The molecule has 0 saturated carbocycles. The van der Waals surface area contributed by atoms with Gasteiger partial charge in [-0.05, 0) is 36.8 Å². The van der Waals surface area contributed by atoms with E-state index in [2.05, 4.69) is 15.1 Å². The van der Waals surface area contributed by atoms with Crippen LogP contribution in [0.2, 0.25) is 0 Å². The van der Waals surface area contributed by atoms with Gasteiger partial charge in [0.05, 0.1) is 6.42 Å². The normalized spacial score (nSPS) is 10.7. The lowest BCUT2D eigenvalue weighted by Gasteiger charge is -2.00. The number of nitrogen functional groups attached to an aromatic ring is 1. The van der Waals surface area contributed by atoms with Gasteiger partial charge in [-0.1, -0.05) is 17.3 Å². The monoisotopic (exact) mass is 266 g/mol. The second kappa shape index (κ2) is 5.13. The molecule has 20 heavy (non-hydrogen) atoms. The van der Waals surface area contributed by atoms with Gasteiger partial charge < -0.3 is 10.3 Å². The number of benzene rings is 1. The number of pyridine rings is 1. The minimum Gasteiger partial charge on any atom is -0.398 e. The molecule has 0 spiro atoms. The van der Waals surface area contributed by atoms with Gasteiger partial charge in [-0.15, -0.1) is 0 Å². The van der Waals surface area contributed by atoms with Crippen LogP contribution in [-0.2, 0) is 6.42 Å². The molecule has 3 aromatic rings. The first kappa shape index (κ1) is 12.3. The van der Waals surface area contributed by atoms with E-state index in [1.165, 1.54) is 0 Å². The number of hydrogen-bond donors (Lipinski definition) is 1. The van der Waals surface area contributed by atoms with Gasteiger partial charge in [0.25, 0.3) is 5.89 Å². The highest BCUT2D eigenvalue weighted by Gasteiger charge is 2.10. The highest BCUT2D eigenvalue weighted by Crippen LogP contribution is 2.22. The summed E-state index contributed by atoms with van der Waals surface area (Å²) >= 11 is 0. The summed E-state index contributed by atoms with van der Waals surface area (Å²) in [6.07, 6.45) is 2.29. The first-order valence-corrected chi connectivity index (χ1v) is 6.31. The predicted molar refractivity (Wildman–Crippen MR) is 75.9 cm³/mol. The molecule has 0 aliphatic rings. The van der Waals surface area contributed by atoms with Gasteiger partial charge in [0.15, 0.2) is 5.82 Å². The molecular weight excluding hydrogens is 252 g/mol. The fourth-order valence-corrected chi connectivity index (χ4v) is 1.88. The molecule has 2 heterocycles. The maximum Gasteiger partial charge on any atom is 0.258 e. The van der Waals surface area contributed by atoms with Crippen molar-refractivity contribution in [1.82, 2.24) is 15.1 Å². The maximum atomic E-state index is 5.89. The Kier molecular flexibility index (Phi) is 3.16. The van der Waals surface area contributed by atoms with Crippen LogP contribution >= 0.6 is 0 Å². The number of anilines is 1. The fourth-order valence-electron chi connectivity index (χ4n) is 1.88.